The molecule has 1 saturated carbocycles. The van der Waals surface area contributed by atoms with E-state index in [0.29, 0.717) is 67.7 Å². The van der Waals surface area contributed by atoms with E-state index in [1.54, 1.807) is 24.3 Å². The third-order valence-electron chi connectivity index (χ3n) is 10.9. The van der Waals surface area contributed by atoms with Gasteiger partial charge in [-0.3, -0.25) is 9.59 Å². The molecule has 5 aromatic rings. The normalized spacial score (nSPS) is 17.4. The first-order valence-electron chi connectivity index (χ1n) is 20.8. The highest BCUT2D eigenvalue weighted by Crippen LogP contribution is 2.34. The molecule has 314 valence electrons. The molecule has 1 aliphatic carbocycles. The quantitative estimate of drug-likeness (QED) is 0.115. The second-order valence-corrected chi connectivity index (χ2v) is 16.6. The Balaban J connectivity index is 1.05. The summed E-state index contributed by atoms with van der Waals surface area (Å²) >= 11 is 0. The smallest absolute Gasteiger partial charge is 0.407 e. The van der Waals surface area contributed by atoms with E-state index in [1.165, 1.54) is 11.3 Å². The van der Waals surface area contributed by atoms with Crippen LogP contribution in [0.4, 0.5) is 16.4 Å². The number of amides is 3. The summed E-state index contributed by atoms with van der Waals surface area (Å²) < 4.78 is 11.7. The Bertz CT molecular complexity index is 2180. The third-order valence-corrected chi connectivity index (χ3v) is 10.9. The standard InChI is InChI=1S/C45H54N10O5/c1-45(2,3)60-44(58)48-27-31-14-18-35(19-15-31)41(56)55(36-22-20-34(21-23-36)39-50-52-53-51-39)42(57)38(46)26-30-12-16-33(17-13-30)37-28-47-43(54-24-8-5-9-25-54)49-40(37)59-29-32-10-6-4-7-11-32/h4,6-7,10-13,16-17,20-23,28,31,35,38H,5,8-9,14-15,18-19,24-27,29,46H2,1-3H3,(H,48,58)(H,50,51,52,53)/t31?,35?,38-/m0/s1. The van der Waals surface area contributed by atoms with Crippen molar-refractivity contribution >= 4 is 29.5 Å². The Morgan fingerprint density at radius 3 is 2.27 bits per heavy atom. The molecule has 1 aliphatic heterocycles. The molecule has 1 saturated heterocycles. The summed E-state index contributed by atoms with van der Waals surface area (Å²) in [6.07, 6.45) is 7.55. The Labute approximate surface area is 350 Å². The Morgan fingerprint density at radius 1 is 0.900 bits per heavy atom. The molecular weight excluding hydrogens is 761 g/mol. The molecule has 60 heavy (non-hydrogen) atoms. The Morgan fingerprint density at radius 2 is 1.60 bits per heavy atom. The number of ether oxygens (including phenoxy) is 2. The molecule has 0 unspecified atom stereocenters. The number of hydrogen-bond donors (Lipinski definition) is 3. The largest absolute Gasteiger partial charge is 0.472 e. The minimum atomic E-state index is -1.01. The molecule has 4 N–H and O–H groups in total. The number of tetrazole rings is 1. The van der Waals surface area contributed by atoms with Crippen molar-refractivity contribution in [1.29, 1.82) is 0 Å². The molecule has 0 bridgehead atoms. The van der Waals surface area contributed by atoms with Crippen LogP contribution in [0.5, 0.6) is 5.88 Å². The molecule has 0 radical (unpaired) electrons. The average molecular weight is 815 g/mol. The number of nitrogens with two attached hydrogens (primary N) is 1. The van der Waals surface area contributed by atoms with Crippen LogP contribution in [-0.2, 0) is 27.4 Å². The highest BCUT2D eigenvalue weighted by molar-refractivity contribution is 6.17. The van der Waals surface area contributed by atoms with Crippen molar-refractivity contribution in [2.75, 3.05) is 29.4 Å². The second-order valence-electron chi connectivity index (χ2n) is 16.6. The lowest BCUT2D eigenvalue weighted by molar-refractivity contribution is -0.130. The van der Waals surface area contributed by atoms with E-state index in [-0.39, 0.29) is 18.2 Å². The van der Waals surface area contributed by atoms with Crippen molar-refractivity contribution in [3.05, 3.63) is 96.2 Å². The molecule has 15 nitrogen and oxygen atoms in total. The topological polar surface area (TPSA) is 194 Å². The fourth-order valence-corrected chi connectivity index (χ4v) is 7.71. The Hall–Kier alpha value is -6.22. The summed E-state index contributed by atoms with van der Waals surface area (Å²) in [4.78, 5) is 54.0. The molecule has 3 aromatic carbocycles. The van der Waals surface area contributed by atoms with Gasteiger partial charge in [0.1, 0.15) is 12.2 Å². The van der Waals surface area contributed by atoms with Gasteiger partial charge in [-0.25, -0.2) is 14.7 Å². The van der Waals surface area contributed by atoms with Crippen LogP contribution in [-0.4, -0.2) is 79.8 Å². The number of H-pyrrole nitrogens is 1. The van der Waals surface area contributed by atoms with Crippen LogP contribution < -0.4 is 25.6 Å². The van der Waals surface area contributed by atoms with Crippen molar-refractivity contribution < 1.29 is 23.9 Å². The highest BCUT2D eigenvalue weighted by atomic mass is 16.6. The molecule has 1 atom stereocenters. The summed E-state index contributed by atoms with van der Waals surface area (Å²) in [6, 6.07) is 23.6. The van der Waals surface area contributed by atoms with Gasteiger partial charge in [-0.2, -0.15) is 10.2 Å². The zero-order chi connectivity index (χ0) is 42.1. The van der Waals surface area contributed by atoms with Crippen LogP contribution in [0, 0.1) is 11.8 Å². The SMILES string of the molecule is CC(C)(C)OC(=O)NCC1CCC(C(=O)N(C(=O)[C@@H](N)Cc2ccc(-c3cnc(N4CCCCC4)nc3OCc3ccccc3)cc2)c2ccc(-c3nn[nH]n3)cc2)CC1. The molecule has 2 aliphatic rings. The van der Waals surface area contributed by atoms with Gasteiger partial charge in [0.15, 0.2) is 0 Å². The minimum Gasteiger partial charge on any atom is -0.472 e. The first-order valence-corrected chi connectivity index (χ1v) is 20.8. The number of hydrogen-bond acceptors (Lipinski definition) is 12. The second kappa shape index (κ2) is 19.2. The van der Waals surface area contributed by atoms with Gasteiger partial charge in [-0.1, -0.05) is 54.6 Å². The fourth-order valence-electron chi connectivity index (χ4n) is 7.71. The number of rotatable bonds is 13. The van der Waals surface area contributed by atoms with E-state index in [9.17, 15) is 14.4 Å². The van der Waals surface area contributed by atoms with Crippen LogP contribution >= 0.6 is 0 Å². The predicted octanol–water partition coefficient (Wildman–Crippen LogP) is 6.65. The van der Waals surface area contributed by atoms with Gasteiger partial charge in [0.25, 0.3) is 5.91 Å². The van der Waals surface area contributed by atoms with Gasteiger partial charge >= 0.3 is 6.09 Å². The number of benzene rings is 3. The van der Waals surface area contributed by atoms with Crippen molar-refractivity contribution in [2.24, 2.45) is 17.6 Å². The summed E-state index contributed by atoms with van der Waals surface area (Å²) in [5, 5.41) is 17.0. The molecular formula is C45H54N10O5. The third kappa shape index (κ3) is 10.9. The van der Waals surface area contributed by atoms with E-state index in [2.05, 4.69) is 30.8 Å². The average Bonchev–Trinajstić information content (AvgIpc) is 3.81. The molecule has 3 amide bonds. The van der Waals surface area contributed by atoms with Crippen LogP contribution in [0.1, 0.15) is 76.8 Å². The monoisotopic (exact) mass is 814 g/mol. The summed E-state index contributed by atoms with van der Waals surface area (Å²) in [7, 11) is 0. The van der Waals surface area contributed by atoms with Crippen LogP contribution in [0.2, 0.25) is 0 Å². The van der Waals surface area contributed by atoms with Gasteiger partial charge in [-0.05, 0) is 124 Å². The predicted molar refractivity (Wildman–Crippen MR) is 228 cm³/mol. The van der Waals surface area contributed by atoms with Gasteiger partial charge in [-0.15, -0.1) is 10.2 Å². The van der Waals surface area contributed by atoms with E-state index in [4.69, 9.17) is 25.2 Å². The van der Waals surface area contributed by atoms with Crippen LogP contribution in [0.3, 0.4) is 0 Å². The fraction of sp³-hybridized carbons (Fsp3) is 0.422. The molecule has 2 fully saturated rings. The number of nitrogens with one attached hydrogen (secondary N) is 2. The minimum absolute atomic E-state index is 0.191. The summed E-state index contributed by atoms with van der Waals surface area (Å²) in [5.74, 6) is 0.559. The van der Waals surface area contributed by atoms with Gasteiger partial charge in [0, 0.05) is 37.3 Å². The first kappa shape index (κ1) is 41.9. The van der Waals surface area contributed by atoms with Gasteiger partial charge in [0.05, 0.1) is 17.3 Å². The van der Waals surface area contributed by atoms with Crippen LogP contribution in [0.15, 0.2) is 85.1 Å². The number of carbonyl (C=O) groups is 3. The molecule has 3 heterocycles. The zero-order valence-corrected chi connectivity index (χ0v) is 34.5. The van der Waals surface area contributed by atoms with Gasteiger partial charge < -0.3 is 25.4 Å². The lowest BCUT2D eigenvalue weighted by Crippen LogP contribution is -2.50. The van der Waals surface area contributed by atoms with E-state index in [0.717, 1.165) is 48.2 Å². The number of piperidine rings is 1. The van der Waals surface area contributed by atoms with Crippen LogP contribution in [0.25, 0.3) is 22.5 Å². The van der Waals surface area contributed by atoms with Crippen molar-refractivity contribution in [3.63, 3.8) is 0 Å². The lowest BCUT2D eigenvalue weighted by atomic mass is 9.81. The summed E-state index contributed by atoms with van der Waals surface area (Å²) in [6.45, 7) is 8.11. The maximum Gasteiger partial charge on any atom is 0.407 e. The maximum atomic E-state index is 14.3. The van der Waals surface area contributed by atoms with E-state index in [1.807, 2.05) is 81.6 Å². The summed E-state index contributed by atoms with van der Waals surface area (Å²) in [5.41, 5.74) is 10.7. The molecule has 7 rings (SSSR count). The number of imide groups is 1. The Kier molecular flexibility index (Phi) is 13.4. The maximum absolute atomic E-state index is 14.3. The molecule has 15 heteroatoms. The van der Waals surface area contributed by atoms with E-state index >= 15 is 0 Å². The number of aromatic amines is 1. The number of nitrogens with zero attached hydrogens (tertiary/aromatic N) is 7. The number of aromatic nitrogens is 6. The first-order chi connectivity index (χ1) is 29.0. The van der Waals surface area contributed by atoms with Crippen molar-refractivity contribution in [2.45, 2.75) is 90.4 Å². The molecule has 2 aromatic heterocycles. The lowest BCUT2D eigenvalue weighted by Gasteiger charge is -2.32. The highest BCUT2D eigenvalue weighted by Gasteiger charge is 2.35. The zero-order valence-electron chi connectivity index (χ0n) is 34.5. The molecule has 0 spiro atoms. The van der Waals surface area contributed by atoms with Crippen molar-refractivity contribution in [1.82, 2.24) is 35.9 Å². The number of alkyl carbamates (subject to hydrolysis) is 1. The van der Waals surface area contributed by atoms with E-state index < -0.39 is 29.6 Å². The number of carbonyl (C=O) groups excluding carboxylic acids is 3. The number of anilines is 2. The van der Waals surface area contributed by atoms with Crippen molar-refractivity contribution in [3.8, 4) is 28.4 Å². The van der Waals surface area contributed by atoms with Gasteiger partial charge in [0.2, 0.25) is 23.6 Å².